The number of rotatable bonds is 2. The molecule has 6 heteroatoms. The highest BCUT2D eigenvalue weighted by molar-refractivity contribution is 6.10. The number of nitrogens with zero attached hydrogens (tertiary/aromatic N) is 2. The number of allylic oxidation sites excluding steroid dienone is 3. The number of halogens is 1. The largest absolute Gasteiger partial charge is 0.392 e. The quantitative estimate of drug-likeness (QED) is 0.607. The van der Waals surface area contributed by atoms with Crippen molar-refractivity contribution in [2.24, 2.45) is 5.41 Å². The standard InChI is InChI=1S/C15H22FN3O2/c1-9(8-20)13(17)19-14(21)10(2)11(16)7-12(18(19)6)15(3,4)5/h7,17,20H,1,8H2,2-6H3. The van der Waals surface area contributed by atoms with E-state index in [1.807, 2.05) is 20.8 Å². The Bertz CT molecular complexity index is 556. The van der Waals surface area contributed by atoms with Gasteiger partial charge in [0.2, 0.25) is 0 Å². The van der Waals surface area contributed by atoms with Gasteiger partial charge in [-0.2, -0.15) is 5.01 Å². The maximum Gasteiger partial charge on any atom is 0.277 e. The van der Waals surface area contributed by atoms with Gasteiger partial charge >= 0.3 is 0 Å². The molecule has 1 rings (SSSR count). The molecule has 1 aliphatic heterocycles. The highest BCUT2D eigenvalue weighted by atomic mass is 19.1. The number of hydrogen-bond donors (Lipinski definition) is 2. The van der Waals surface area contributed by atoms with Gasteiger partial charge in [0, 0.05) is 23.7 Å². The third-order valence-corrected chi connectivity index (χ3v) is 3.29. The van der Waals surface area contributed by atoms with E-state index in [1.54, 1.807) is 7.05 Å². The number of carbonyl (C=O) groups is 1. The first-order valence-corrected chi connectivity index (χ1v) is 6.56. The summed E-state index contributed by atoms with van der Waals surface area (Å²) in [6.07, 6.45) is 1.31. The van der Waals surface area contributed by atoms with Crippen LogP contribution in [-0.2, 0) is 4.79 Å². The third-order valence-electron chi connectivity index (χ3n) is 3.29. The summed E-state index contributed by atoms with van der Waals surface area (Å²) in [4.78, 5) is 12.4. The van der Waals surface area contributed by atoms with Crippen LogP contribution in [0.5, 0.6) is 0 Å². The number of aliphatic hydroxyl groups excluding tert-OH is 1. The zero-order chi connectivity index (χ0) is 16.5. The number of carbonyl (C=O) groups excluding carboxylic acids is 1. The minimum atomic E-state index is -0.648. The second kappa shape index (κ2) is 5.81. The minimum Gasteiger partial charge on any atom is -0.392 e. The van der Waals surface area contributed by atoms with E-state index in [2.05, 4.69) is 6.58 Å². The van der Waals surface area contributed by atoms with Crippen LogP contribution in [-0.4, -0.2) is 40.5 Å². The van der Waals surface area contributed by atoms with Gasteiger partial charge in [-0.25, -0.2) is 4.39 Å². The van der Waals surface area contributed by atoms with Crippen LogP contribution in [0, 0.1) is 10.8 Å². The Kier molecular flexibility index (Phi) is 4.73. The Balaban J connectivity index is 3.45. The van der Waals surface area contributed by atoms with E-state index in [9.17, 15) is 9.18 Å². The van der Waals surface area contributed by atoms with Gasteiger partial charge in [0.1, 0.15) is 5.83 Å². The molecule has 1 heterocycles. The molecule has 0 aliphatic carbocycles. The highest BCUT2D eigenvalue weighted by Gasteiger charge is 2.35. The van der Waals surface area contributed by atoms with Gasteiger partial charge in [0.05, 0.1) is 12.2 Å². The SMILES string of the molecule is C=C(CO)C(=N)N1C(=O)C(C)=C(F)C=C(C(C)(C)C)N1C. The topological polar surface area (TPSA) is 67.6 Å². The Morgan fingerprint density at radius 2 is 2.00 bits per heavy atom. The first-order chi connectivity index (χ1) is 9.52. The molecule has 0 aromatic rings. The summed E-state index contributed by atoms with van der Waals surface area (Å²) < 4.78 is 14.1. The molecular weight excluding hydrogens is 273 g/mol. The molecule has 116 valence electrons. The lowest BCUT2D eigenvalue weighted by Crippen LogP contribution is -2.49. The fraction of sp³-hybridized carbons (Fsp3) is 0.467. The van der Waals surface area contributed by atoms with Crippen LogP contribution in [0.1, 0.15) is 27.7 Å². The summed E-state index contributed by atoms with van der Waals surface area (Å²) in [7, 11) is 1.58. The summed E-state index contributed by atoms with van der Waals surface area (Å²) in [5.41, 5.74) is 0.103. The molecular formula is C15H22FN3O2. The maximum atomic E-state index is 14.1. The van der Waals surface area contributed by atoms with Crippen molar-refractivity contribution in [1.82, 2.24) is 10.0 Å². The van der Waals surface area contributed by atoms with E-state index in [-0.39, 0.29) is 17.0 Å². The second-order valence-electron chi connectivity index (χ2n) is 6.00. The number of hydrogen-bond acceptors (Lipinski definition) is 4. The molecule has 2 N–H and O–H groups in total. The Morgan fingerprint density at radius 3 is 2.43 bits per heavy atom. The van der Waals surface area contributed by atoms with Crippen molar-refractivity contribution in [2.45, 2.75) is 27.7 Å². The van der Waals surface area contributed by atoms with E-state index >= 15 is 0 Å². The molecule has 0 bridgehead atoms. The third kappa shape index (κ3) is 3.21. The molecule has 0 spiro atoms. The van der Waals surface area contributed by atoms with E-state index < -0.39 is 23.8 Å². The number of hydrazine groups is 1. The van der Waals surface area contributed by atoms with Crippen molar-refractivity contribution in [3.05, 3.63) is 35.3 Å². The van der Waals surface area contributed by atoms with Crippen LogP contribution < -0.4 is 0 Å². The Labute approximate surface area is 124 Å². The van der Waals surface area contributed by atoms with Gasteiger partial charge in [0.15, 0.2) is 5.84 Å². The molecule has 1 amide bonds. The van der Waals surface area contributed by atoms with Gasteiger partial charge in [0.25, 0.3) is 5.91 Å². The summed E-state index contributed by atoms with van der Waals surface area (Å²) in [6.45, 7) is 10.1. The predicted octanol–water partition coefficient (Wildman–Crippen LogP) is 2.37. The molecule has 0 atom stereocenters. The summed E-state index contributed by atoms with van der Waals surface area (Å²) in [5, 5.41) is 19.6. The van der Waals surface area contributed by atoms with E-state index in [1.165, 1.54) is 18.0 Å². The van der Waals surface area contributed by atoms with Crippen molar-refractivity contribution < 1.29 is 14.3 Å². The summed E-state index contributed by atoms with van der Waals surface area (Å²) >= 11 is 0. The van der Waals surface area contributed by atoms with Gasteiger partial charge in [-0.15, -0.1) is 0 Å². The van der Waals surface area contributed by atoms with Crippen LogP contribution in [0.15, 0.2) is 35.3 Å². The Hall–Kier alpha value is -1.95. The van der Waals surface area contributed by atoms with Gasteiger partial charge in [-0.3, -0.25) is 15.2 Å². The first-order valence-electron chi connectivity index (χ1n) is 6.56. The molecule has 0 aromatic carbocycles. The van der Waals surface area contributed by atoms with Crippen LogP contribution in [0.2, 0.25) is 0 Å². The fourth-order valence-corrected chi connectivity index (χ4v) is 2.00. The van der Waals surface area contributed by atoms with Crippen LogP contribution in [0.25, 0.3) is 0 Å². The summed E-state index contributed by atoms with van der Waals surface area (Å²) in [6, 6.07) is 0. The smallest absolute Gasteiger partial charge is 0.277 e. The maximum absolute atomic E-state index is 14.1. The van der Waals surface area contributed by atoms with Crippen molar-refractivity contribution in [2.75, 3.05) is 13.7 Å². The van der Waals surface area contributed by atoms with E-state index in [4.69, 9.17) is 10.5 Å². The number of amides is 1. The average molecular weight is 295 g/mol. The number of amidine groups is 1. The second-order valence-corrected chi connectivity index (χ2v) is 6.00. The Morgan fingerprint density at radius 1 is 1.48 bits per heavy atom. The van der Waals surface area contributed by atoms with Crippen molar-refractivity contribution in [3.63, 3.8) is 0 Å². The normalized spacial score (nSPS) is 16.9. The molecule has 0 fully saturated rings. The van der Waals surface area contributed by atoms with Gasteiger partial charge in [-0.1, -0.05) is 27.4 Å². The molecule has 0 saturated carbocycles. The van der Waals surface area contributed by atoms with Gasteiger partial charge < -0.3 is 5.11 Å². The molecule has 0 saturated heterocycles. The van der Waals surface area contributed by atoms with Crippen LogP contribution in [0.4, 0.5) is 4.39 Å². The van der Waals surface area contributed by atoms with Crippen molar-refractivity contribution in [1.29, 1.82) is 5.41 Å². The average Bonchev–Trinajstić information content (AvgIpc) is 2.47. The molecule has 1 aliphatic rings. The number of nitrogens with one attached hydrogen (secondary N) is 1. The monoisotopic (exact) mass is 295 g/mol. The highest BCUT2D eigenvalue weighted by Crippen LogP contribution is 2.33. The minimum absolute atomic E-state index is 0.0820. The van der Waals surface area contributed by atoms with Crippen molar-refractivity contribution in [3.8, 4) is 0 Å². The van der Waals surface area contributed by atoms with E-state index in [0.717, 1.165) is 5.01 Å². The lowest BCUT2D eigenvalue weighted by Gasteiger charge is -2.38. The van der Waals surface area contributed by atoms with Crippen LogP contribution in [0.3, 0.4) is 0 Å². The first kappa shape index (κ1) is 17.1. The molecule has 21 heavy (non-hydrogen) atoms. The zero-order valence-corrected chi connectivity index (χ0v) is 13.1. The van der Waals surface area contributed by atoms with Crippen LogP contribution >= 0.6 is 0 Å². The molecule has 0 radical (unpaired) electrons. The summed E-state index contributed by atoms with van der Waals surface area (Å²) in [5.74, 6) is -1.53. The molecule has 0 aromatic heterocycles. The van der Waals surface area contributed by atoms with Crippen molar-refractivity contribution >= 4 is 11.7 Å². The fourth-order valence-electron chi connectivity index (χ4n) is 2.00. The molecule has 5 nitrogen and oxygen atoms in total. The lowest BCUT2D eigenvalue weighted by molar-refractivity contribution is -0.132. The molecule has 0 unspecified atom stereocenters. The predicted molar refractivity (Wildman–Crippen MR) is 79.9 cm³/mol. The zero-order valence-electron chi connectivity index (χ0n) is 13.1. The number of aliphatic hydroxyl groups is 1. The van der Waals surface area contributed by atoms with Gasteiger partial charge in [-0.05, 0) is 13.0 Å². The lowest BCUT2D eigenvalue weighted by atomic mass is 9.91. The van der Waals surface area contributed by atoms with E-state index in [0.29, 0.717) is 5.70 Å².